The molecule has 4 heteroatoms. The second kappa shape index (κ2) is 6.05. The molecule has 0 bridgehead atoms. The minimum Gasteiger partial charge on any atom is -0.488 e. The van der Waals surface area contributed by atoms with E-state index in [1.54, 1.807) is 11.3 Å². The summed E-state index contributed by atoms with van der Waals surface area (Å²) in [5.41, 5.74) is 6.73. The van der Waals surface area contributed by atoms with E-state index < -0.39 is 0 Å². The Labute approximate surface area is 110 Å². The molecule has 2 nitrogen and oxygen atoms in total. The average Bonchev–Trinajstić information content (AvgIpc) is 2.74. The Morgan fingerprint density at radius 2 is 2.12 bits per heavy atom. The van der Waals surface area contributed by atoms with Crippen LogP contribution in [0, 0.1) is 0 Å². The van der Waals surface area contributed by atoms with Gasteiger partial charge >= 0.3 is 0 Å². The zero-order valence-electron chi connectivity index (χ0n) is 9.36. The van der Waals surface area contributed by atoms with Gasteiger partial charge in [-0.15, -0.1) is 11.3 Å². The highest BCUT2D eigenvalue weighted by atomic mass is 35.5. The van der Waals surface area contributed by atoms with Crippen molar-refractivity contribution in [1.29, 1.82) is 0 Å². The van der Waals surface area contributed by atoms with Crippen LogP contribution in [0.15, 0.2) is 36.4 Å². The predicted molar refractivity (Wildman–Crippen MR) is 72.9 cm³/mol. The molecule has 1 aromatic heterocycles. The summed E-state index contributed by atoms with van der Waals surface area (Å²) < 4.78 is 6.50. The van der Waals surface area contributed by atoms with Crippen molar-refractivity contribution in [3.05, 3.63) is 51.2 Å². The van der Waals surface area contributed by atoms with Crippen LogP contribution in [-0.4, -0.2) is 6.54 Å². The summed E-state index contributed by atoms with van der Waals surface area (Å²) in [4.78, 5) is 1.12. The lowest BCUT2D eigenvalue weighted by molar-refractivity contribution is 0.309. The van der Waals surface area contributed by atoms with Gasteiger partial charge in [-0.3, -0.25) is 0 Å². The summed E-state index contributed by atoms with van der Waals surface area (Å²) in [5.74, 6) is 0.875. The minimum absolute atomic E-state index is 0.559. The molecule has 0 saturated heterocycles. The number of hydrogen-bond donors (Lipinski definition) is 1. The Morgan fingerprint density at radius 1 is 1.24 bits per heavy atom. The SMILES string of the molecule is NCCc1cccc(OCc2ccc(Cl)s2)c1. The van der Waals surface area contributed by atoms with Gasteiger partial charge in [0.15, 0.2) is 0 Å². The van der Waals surface area contributed by atoms with E-state index in [4.69, 9.17) is 22.1 Å². The summed E-state index contributed by atoms with van der Waals surface area (Å²) in [6, 6.07) is 11.9. The molecule has 0 radical (unpaired) electrons. The second-order valence-electron chi connectivity index (χ2n) is 3.68. The van der Waals surface area contributed by atoms with Gasteiger partial charge in [0.25, 0.3) is 0 Å². The fourth-order valence-electron chi connectivity index (χ4n) is 1.54. The molecule has 0 aliphatic heterocycles. The van der Waals surface area contributed by atoms with Gasteiger partial charge in [0, 0.05) is 4.88 Å². The molecule has 0 unspecified atom stereocenters. The van der Waals surface area contributed by atoms with Crippen molar-refractivity contribution in [3.8, 4) is 5.75 Å². The van der Waals surface area contributed by atoms with Gasteiger partial charge in [0.1, 0.15) is 12.4 Å². The van der Waals surface area contributed by atoms with Crippen LogP contribution in [0.25, 0.3) is 0 Å². The topological polar surface area (TPSA) is 35.2 Å². The van der Waals surface area contributed by atoms with Crippen LogP contribution in [0.3, 0.4) is 0 Å². The first-order chi connectivity index (χ1) is 8.28. The second-order valence-corrected chi connectivity index (χ2v) is 5.48. The third-order valence-electron chi connectivity index (χ3n) is 2.34. The van der Waals surface area contributed by atoms with Crippen LogP contribution in [0.5, 0.6) is 5.75 Å². The Balaban J connectivity index is 1.96. The van der Waals surface area contributed by atoms with E-state index in [1.165, 1.54) is 5.56 Å². The van der Waals surface area contributed by atoms with Crippen LogP contribution in [0.2, 0.25) is 4.34 Å². The molecule has 1 heterocycles. The molecule has 2 rings (SSSR count). The van der Waals surface area contributed by atoms with E-state index in [-0.39, 0.29) is 0 Å². The molecule has 0 amide bonds. The molecule has 17 heavy (non-hydrogen) atoms. The zero-order chi connectivity index (χ0) is 12.1. The highest BCUT2D eigenvalue weighted by molar-refractivity contribution is 7.16. The lowest BCUT2D eigenvalue weighted by Gasteiger charge is -2.06. The van der Waals surface area contributed by atoms with Crippen molar-refractivity contribution < 1.29 is 4.74 Å². The number of halogens is 1. The quantitative estimate of drug-likeness (QED) is 0.900. The fourth-order valence-corrected chi connectivity index (χ4v) is 2.54. The largest absolute Gasteiger partial charge is 0.488 e. The Hall–Kier alpha value is -1.03. The van der Waals surface area contributed by atoms with Crippen molar-refractivity contribution in [3.63, 3.8) is 0 Å². The molecule has 0 fully saturated rings. The van der Waals surface area contributed by atoms with Crippen LogP contribution < -0.4 is 10.5 Å². The lowest BCUT2D eigenvalue weighted by Crippen LogP contribution is -2.02. The number of nitrogens with two attached hydrogens (primary N) is 1. The Kier molecular flexibility index (Phi) is 4.42. The van der Waals surface area contributed by atoms with Gasteiger partial charge in [0.2, 0.25) is 0 Å². The summed E-state index contributed by atoms with van der Waals surface area (Å²) in [6.07, 6.45) is 0.877. The molecule has 0 saturated carbocycles. The van der Waals surface area contributed by atoms with Crippen molar-refractivity contribution in [2.45, 2.75) is 13.0 Å². The molecule has 1 aromatic carbocycles. The van der Waals surface area contributed by atoms with Gasteiger partial charge in [-0.25, -0.2) is 0 Å². The van der Waals surface area contributed by atoms with Crippen molar-refractivity contribution >= 4 is 22.9 Å². The van der Waals surface area contributed by atoms with E-state index in [0.717, 1.165) is 21.4 Å². The summed E-state index contributed by atoms with van der Waals surface area (Å²) >= 11 is 7.40. The van der Waals surface area contributed by atoms with E-state index >= 15 is 0 Å². The summed E-state index contributed by atoms with van der Waals surface area (Å²) in [7, 11) is 0. The molecular formula is C13H14ClNOS. The van der Waals surface area contributed by atoms with Gasteiger partial charge in [-0.05, 0) is 42.8 Å². The zero-order valence-corrected chi connectivity index (χ0v) is 10.9. The molecule has 2 N–H and O–H groups in total. The molecular weight excluding hydrogens is 254 g/mol. The highest BCUT2D eigenvalue weighted by Crippen LogP contribution is 2.23. The smallest absolute Gasteiger partial charge is 0.122 e. The average molecular weight is 268 g/mol. The van der Waals surface area contributed by atoms with Crippen LogP contribution in [0.1, 0.15) is 10.4 Å². The monoisotopic (exact) mass is 267 g/mol. The normalized spacial score (nSPS) is 10.5. The van der Waals surface area contributed by atoms with Crippen LogP contribution in [0.4, 0.5) is 0 Å². The van der Waals surface area contributed by atoms with Crippen molar-refractivity contribution in [2.24, 2.45) is 5.73 Å². The number of benzene rings is 1. The molecule has 0 aliphatic carbocycles. The molecule has 2 aromatic rings. The van der Waals surface area contributed by atoms with E-state index in [9.17, 15) is 0 Å². The van der Waals surface area contributed by atoms with E-state index in [0.29, 0.717) is 13.2 Å². The van der Waals surface area contributed by atoms with Crippen LogP contribution >= 0.6 is 22.9 Å². The van der Waals surface area contributed by atoms with Gasteiger partial charge < -0.3 is 10.5 Å². The maximum Gasteiger partial charge on any atom is 0.122 e. The third-order valence-corrected chi connectivity index (χ3v) is 3.55. The first kappa shape index (κ1) is 12.4. The molecule has 0 atom stereocenters. The number of hydrogen-bond acceptors (Lipinski definition) is 3. The molecule has 0 spiro atoms. The lowest BCUT2D eigenvalue weighted by atomic mass is 10.1. The summed E-state index contributed by atoms with van der Waals surface area (Å²) in [6.45, 7) is 1.22. The van der Waals surface area contributed by atoms with Crippen molar-refractivity contribution in [2.75, 3.05) is 6.54 Å². The predicted octanol–water partition coefficient (Wildman–Crippen LogP) is 3.48. The maximum atomic E-state index is 5.86. The molecule has 90 valence electrons. The van der Waals surface area contributed by atoms with Crippen LogP contribution in [-0.2, 0) is 13.0 Å². The number of thiophene rings is 1. The first-order valence-electron chi connectivity index (χ1n) is 5.44. The van der Waals surface area contributed by atoms with E-state index in [2.05, 4.69) is 6.07 Å². The standard InChI is InChI=1S/C13H14ClNOS/c14-13-5-4-12(17-13)9-16-11-3-1-2-10(8-11)6-7-15/h1-5,8H,6-7,9,15H2. The van der Waals surface area contributed by atoms with Gasteiger partial charge in [0.05, 0.1) is 4.34 Å². The Bertz CT molecular complexity index is 484. The summed E-state index contributed by atoms with van der Waals surface area (Å²) in [5, 5.41) is 0. The minimum atomic E-state index is 0.559. The number of ether oxygens (including phenoxy) is 1. The highest BCUT2D eigenvalue weighted by Gasteiger charge is 2.00. The molecule has 0 aliphatic rings. The first-order valence-corrected chi connectivity index (χ1v) is 6.63. The fraction of sp³-hybridized carbons (Fsp3) is 0.231. The third kappa shape index (κ3) is 3.73. The van der Waals surface area contributed by atoms with Gasteiger partial charge in [-0.2, -0.15) is 0 Å². The van der Waals surface area contributed by atoms with Crippen molar-refractivity contribution in [1.82, 2.24) is 0 Å². The maximum absolute atomic E-state index is 5.86. The Morgan fingerprint density at radius 3 is 2.82 bits per heavy atom. The van der Waals surface area contributed by atoms with Gasteiger partial charge in [-0.1, -0.05) is 23.7 Å². The van der Waals surface area contributed by atoms with E-state index in [1.807, 2.05) is 30.3 Å². The number of rotatable bonds is 5.